The van der Waals surface area contributed by atoms with Crippen LogP contribution in [0.3, 0.4) is 0 Å². The zero-order valence-electron chi connectivity index (χ0n) is 10.7. The van der Waals surface area contributed by atoms with Crippen LogP contribution in [0.25, 0.3) is 0 Å². The SMILES string of the molecule is CCC(CC/N=C\CO)C1=CCC(C)CC1. The monoisotopic (exact) mass is 223 g/mol. The first-order valence-electron chi connectivity index (χ1n) is 6.56. The molecule has 2 heteroatoms. The maximum atomic E-state index is 8.61. The molecule has 0 heterocycles. The minimum atomic E-state index is 0.0665. The Labute approximate surface area is 99.5 Å². The van der Waals surface area contributed by atoms with E-state index in [2.05, 4.69) is 24.9 Å². The molecule has 2 unspecified atom stereocenters. The Hall–Kier alpha value is -0.630. The lowest BCUT2D eigenvalue weighted by atomic mass is 9.82. The fourth-order valence-electron chi connectivity index (χ4n) is 2.39. The molecular weight excluding hydrogens is 198 g/mol. The molecular formula is C14H25NO. The Morgan fingerprint density at radius 1 is 1.62 bits per heavy atom. The summed E-state index contributed by atoms with van der Waals surface area (Å²) in [5.41, 5.74) is 1.65. The first-order chi connectivity index (χ1) is 7.77. The van der Waals surface area contributed by atoms with Crippen molar-refractivity contribution in [1.82, 2.24) is 0 Å². The normalized spacial score (nSPS) is 23.4. The molecule has 0 amide bonds. The van der Waals surface area contributed by atoms with Crippen LogP contribution in [0.2, 0.25) is 0 Å². The molecule has 92 valence electrons. The number of aliphatic imine (C=N–C) groups is 1. The molecule has 0 bridgehead atoms. The van der Waals surface area contributed by atoms with Gasteiger partial charge < -0.3 is 5.11 Å². The van der Waals surface area contributed by atoms with Gasteiger partial charge in [0.25, 0.3) is 0 Å². The second kappa shape index (κ2) is 7.61. The van der Waals surface area contributed by atoms with Gasteiger partial charge in [0, 0.05) is 12.8 Å². The molecule has 0 saturated carbocycles. The van der Waals surface area contributed by atoms with Crippen molar-refractivity contribution in [3.8, 4) is 0 Å². The minimum absolute atomic E-state index is 0.0665. The molecule has 0 aliphatic heterocycles. The molecule has 0 radical (unpaired) electrons. The maximum Gasteiger partial charge on any atom is 0.0779 e. The van der Waals surface area contributed by atoms with Gasteiger partial charge in [-0.05, 0) is 43.9 Å². The number of aliphatic hydroxyl groups is 1. The van der Waals surface area contributed by atoms with Crippen LogP contribution in [0.5, 0.6) is 0 Å². The van der Waals surface area contributed by atoms with Gasteiger partial charge in [-0.15, -0.1) is 0 Å². The Morgan fingerprint density at radius 3 is 3.00 bits per heavy atom. The van der Waals surface area contributed by atoms with Crippen molar-refractivity contribution in [3.05, 3.63) is 11.6 Å². The molecule has 1 aliphatic carbocycles. The van der Waals surface area contributed by atoms with E-state index in [0.717, 1.165) is 18.9 Å². The molecule has 0 spiro atoms. The number of allylic oxidation sites excluding steroid dienone is 2. The zero-order valence-corrected chi connectivity index (χ0v) is 10.7. The van der Waals surface area contributed by atoms with Crippen LogP contribution < -0.4 is 0 Å². The summed E-state index contributed by atoms with van der Waals surface area (Å²) in [4.78, 5) is 4.19. The maximum absolute atomic E-state index is 8.61. The number of aliphatic hydroxyl groups excluding tert-OH is 1. The predicted molar refractivity (Wildman–Crippen MR) is 69.9 cm³/mol. The van der Waals surface area contributed by atoms with Crippen LogP contribution in [0, 0.1) is 11.8 Å². The van der Waals surface area contributed by atoms with E-state index in [1.807, 2.05) is 0 Å². The molecule has 0 aromatic rings. The zero-order chi connectivity index (χ0) is 11.8. The van der Waals surface area contributed by atoms with Gasteiger partial charge in [-0.1, -0.05) is 25.5 Å². The minimum Gasteiger partial charge on any atom is -0.391 e. The van der Waals surface area contributed by atoms with E-state index in [0.29, 0.717) is 5.92 Å². The molecule has 0 aromatic carbocycles. The highest BCUT2D eigenvalue weighted by Crippen LogP contribution is 2.31. The first kappa shape index (κ1) is 13.4. The third kappa shape index (κ3) is 4.48. The third-order valence-electron chi connectivity index (χ3n) is 3.54. The van der Waals surface area contributed by atoms with Gasteiger partial charge in [-0.2, -0.15) is 0 Å². The first-order valence-corrected chi connectivity index (χ1v) is 6.56. The summed E-state index contributed by atoms with van der Waals surface area (Å²) in [5, 5.41) is 8.61. The summed E-state index contributed by atoms with van der Waals surface area (Å²) in [6.07, 6.45) is 10.3. The lowest BCUT2D eigenvalue weighted by Crippen LogP contribution is -2.11. The van der Waals surface area contributed by atoms with Crippen molar-refractivity contribution < 1.29 is 5.11 Å². The standard InChI is InChI=1S/C14H25NO/c1-3-13(8-9-15-10-11-16)14-6-4-12(2)5-7-14/h6,10,12-13,16H,3-5,7-9,11H2,1-2H3/b15-10-. The molecule has 0 fully saturated rings. The molecule has 1 N–H and O–H groups in total. The van der Waals surface area contributed by atoms with Gasteiger partial charge in [-0.3, -0.25) is 4.99 Å². The Morgan fingerprint density at radius 2 is 2.44 bits per heavy atom. The van der Waals surface area contributed by atoms with Crippen molar-refractivity contribution in [2.24, 2.45) is 16.8 Å². The van der Waals surface area contributed by atoms with E-state index < -0.39 is 0 Å². The number of hydrogen-bond donors (Lipinski definition) is 1. The number of nitrogens with zero attached hydrogens (tertiary/aromatic N) is 1. The van der Waals surface area contributed by atoms with E-state index in [-0.39, 0.29) is 6.61 Å². The molecule has 0 saturated heterocycles. The fourth-order valence-corrected chi connectivity index (χ4v) is 2.39. The molecule has 2 atom stereocenters. The van der Waals surface area contributed by atoms with Gasteiger partial charge in [-0.25, -0.2) is 0 Å². The summed E-state index contributed by atoms with van der Waals surface area (Å²) in [5.74, 6) is 1.58. The van der Waals surface area contributed by atoms with Gasteiger partial charge in [0.1, 0.15) is 0 Å². The van der Waals surface area contributed by atoms with Crippen LogP contribution in [0.15, 0.2) is 16.6 Å². The highest BCUT2D eigenvalue weighted by Gasteiger charge is 2.16. The van der Waals surface area contributed by atoms with E-state index in [1.165, 1.54) is 25.7 Å². The molecule has 2 nitrogen and oxygen atoms in total. The quantitative estimate of drug-likeness (QED) is 0.544. The van der Waals surface area contributed by atoms with E-state index in [1.54, 1.807) is 11.8 Å². The average Bonchev–Trinajstić information content (AvgIpc) is 2.31. The molecule has 1 aliphatic rings. The van der Waals surface area contributed by atoms with Crippen LogP contribution in [-0.2, 0) is 0 Å². The molecule has 1 rings (SSSR count). The fraction of sp³-hybridized carbons (Fsp3) is 0.786. The van der Waals surface area contributed by atoms with Gasteiger partial charge in [0.2, 0.25) is 0 Å². The van der Waals surface area contributed by atoms with Crippen molar-refractivity contribution in [2.45, 2.75) is 46.0 Å². The number of rotatable bonds is 6. The smallest absolute Gasteiger partial charge is 0.0779 e. The summed E-state index contributed by atoms with van der Waals surface area (Å²) < 4.78 is 0. The highest BCUT2D eigenvalue weighted by molar-refractivity contribution is 5.57. The summed E-state index contributed by atoms with van der Waals surface area (Å²) in [7, 11) is 0. The van der Waals surface area contributed by atoms with Crippen molar-refractivity contribution in [2.75, 3.05) is 13.2 Å². The van der Waals surface area contributed by atoms with Crippen LogP contribution >= 0.6 is 0 Å². The Kier molecular flexibility index (Phi) is 6.39. The van der Waals surface area contributed by atoms with Crippen LogP contribution in [-0.4, -0.2) is 24.5 Å². The Balaban J connectivity index is 2.38. The third-order valence-corrected chi connectivity index (χ3v) is 3.54. The van der Waals surface area contributed by atoms with E-state index >= 15 is 0 Å². The average molecular weight is 223 g/mol. The van der Waals surface area contributed by atoms with Crippen LogP contribution in [0.1, 0.15) is 46.0 Å². The topological polar surface area (TPSA) is 32.6 Å². The molecule has 16 heavy (non-hydrogen) atoms. The van der Waals surface area contributed by atoms with Gasteiger partial charge in [0.05, 0.1) is 6.61 Å². The van der Waals surface area contributed by atoms with Gasteiger partial charge >= 0.3 is 0 Å². The van der Waals surface area contributed by atoms with Crippen molar-refractivity contribution >= 4 is 6.21 Å². The lowest BCUT2D eigenvalue weighted by Gasteiger charge is -2.24. The van der Waals surface area contributed by atoms with Crippen molar-refractivity contribution in [3.63, 3.8) is 0 Å². The van der Waals surface area contributed by atoms with E-state index in [9.17, 15) is 0 Å². The van der Waals surface area contributed by atoms with Crippen molar-refractivity contribution in [1.29, 1.82) is 0 Å². The lowest BCUT2D eigenvalue weighted by molar-refractivity contribution is 0.361. The summed E-state index contributed by atoms with van der Waals surface area (Å²) in [6, 6.07) is 0. The second-order valence-electron chi connectivity index (χ2n) is 4.82. The summed E-state index contributed by atoms with van der Waals surface area (Å²) >= 11 is 0. The van der Waals surface area contributed by atoms with E-state index in [4.69, 9.17) is 5.11 Å². The predicted octanol–water partition coefficient (Wildman–Crippen LogP) is 3.21. The summed E-state index contributed by atoms with van der Waals surface area (Å²) in [6.45, 7) is 5.52. The highest BCUT2D eigenvalue weighted by atomic mass is 16.2. The van der Waals surface area contributed by atoms with Gasteiger partial charge in [0.15, 0.2) is 0 Å². The van der Waals surface area contributed by atoms with Crippen LogP contribution in [0.4, 0.5) is 0 Å². The number of hydrogen-bond acceptors (Lipinski definition) is 2. The Bertz CT molecular complexity index is 245. The largest absolute Gasteiger partial charge is 0.391 e. The molecule has 0 aromatic heterocycles. The second-order valence-corrected chi connectivity index (χ2v) is 4.82.